The molecule has 2 atom stereocenters. The van der Waals surface area contributed by atoms with Crippen LogP contribution < -0.4 is 0 Å². The Kier molecular flexibility index (Phi) is 3.80. The minimum Gasteiger partial charge on any atom is -0.462 e. The van der Waals surface area contributed by atoms with Crippen molar-refractivity contribution in [2.45, 2.75) is 63.6 Å². The first kappa shape index (κ1) is 11.4. The zero-order valence-electron chi connectivity index (χ0n) is 9.44. The second-order valence-electron chi connectivity index (χ2n) is 4.59. The molecule has 0 aliphatic carbocycles. The van der Waals surface area contributed by atoms with Gasteiger partial charge in [0.15, 0.2) is 0 Å². The lowest BCUT2D eigenvalue weighted by Crippen LogP contribution is -2.09. The normalized spacial score (nSPS) is 29.2. The lowest BCUT2D eigenvalue weighted by molar-refractivity contribution is -0.143. The summed E-state index contributed by atoms with van der Waals surface area (Å²) in [5.74, 6) is -0.121. The zero-order chi connectivity index (χ0) is 11.4. The molecule has 0 saturated carbocycles. The highest BCUT2D eigenvalue weighted by molar-refractivity contribution is 5.71. The van der Waals surface area contributed by atoms with Crippen LogP contribution in [-0.4, -0.2) is 24.1 Å². The molecule has 2 fully saturated rings. The largest absolute Gasteiger partial charge is 0.462 e. The molecule has 0 N–H and O–H groups in total. The van der Waals surface area contributed by atoms with Crippen LogP contribution in [0, 0.1) is 0 Å². The lowest BCUT2D eigenvalue weighted by atomic mass is 10.0. The van der Waals surface area contributed by atoms with Gasteiger partial charge in [-0.1, -0.05) is 0 Å². The van der Waals surface area contributed by atoms with Crippen LogP contribution in [0.1, 0.15) is 51.4 Å². The molecule has 2 unspecified atom stereocenters. The monoisotopic (exact) mass is 226 g/mol. The van der Waals surface area contributed by atoms with E-state index in [9.17, 15) is 9.59 Å². The maximum absolute atomic E-state index is 10.9. The number of rotatable bonds is 5. The van der Waals surface area contributed by atoms with Crippen molar-refractivity contribution in [3.63, 3.8) is 0 Å². The van der Waals surface area contributed by atoms with Crippen LogP contribution in [0.3, 0.4) is 0 Å². The average molecular weight is 226 g/mol. The van der Waals surface area contributed by atoms with Crippen molar-refractivity contribution >= 4 is 11.9 Å². The fourth-order valence-corrected chi connectivity index (χ4v) is 2.32. The molecule has 90 valence electrons. The molecule has 0 amide bonds. The van der Waals surface area contributed by atoms with Gasteiger partial charge >= 0.3 is 11.9 Å². The van der Waals surface area contributed by atoms with Crippen molar-refractivity contribution in [1.29, 1.82) is 0 Å². The summed E-state index contributed by atoms with van der Waals surface area (Å²) in [6, 6.07) is 0. The molecule has 2 aliphatic heterocycles. The minimum atomic E-state index is -0.0604. The van der Waals surface area contributed by atoms with Crippen LogP contribution in [-0.2, 0) is 19.1 Å². The smallest absolute Gasteiger partial charge is 0.306 e. The van der Waals surface area contributed by atoms with E-state index in [2.05, 4.69) is 0 Å². The Morgan fingerprint density at radius 3 is 1.62 bits per heavy atom. The summed E-state index contributed by atoms with van der Waals surface area (Å²) in [6.45, 7) is 0. The van der Waals surface area contributed by atoms with E-state index < -0.39 is 0 Å². The molecule has 0 aromatic rings. The second-order valence-corrected chi connectivity index (χ2v) is 4.59. The van der Waals surface area contributed by atoms with E-state index in [1.54, 1.807) is 0 Å². The van der Waals surface area contributed by atoms with Gasteiger partial charge in [-0.05, 0) is 38.5 Å². The highest BCUT2D eigenvalue weighted by Gasteiger charge is 2.24. The first-order chi connectivity index (χ1) is 7.74. The fourth-order valence-electron chi connectivity index (χ4n) is 2.32. The summed E-state index contributed by atoms with van der Waals surface area (Å²) in [5, 5.41) is 0. The van der Waals surface area contributed by atoms with Gasteiger partial charge in [0.05, 0.1) is 0 Å². The summed E-state index contributed by atoms with van der Waals surface area (Å²) in [6.07, 6.45) is 7.17. The van der Waals surface area contributed by atoms with Gasteiger partial charge in [-0.15, -0.1) is 0 Å². The zero-order valence-corrected chi connectivity index (χ0v) is 9.44. The summed E-state index contributed by atoms with van der Waals surface area (Å²) in [7, 11) is 0. The van der Waals surface area contributed by atoms with Gasteiger partial charge in [-0.2, -0.15) is 0 Å². The highest BCUT2D eigenvalue weighted by atomic mass is 16.6. The summed E-state index contributed by atoms with van der Waals surface area (Å²) < 4.78 is 10.3. The predicted molar refractivity (Wildman–Crippen MR) is 56.7 cm³/mol. The molecule has 0 aromatic carbocycles. The van der Waals surface area contributed by atoms with Crippen molar-refractivity contribution in [2.24, 2.45) is 0 Å². The summed E-state index contributed by atoms with van der Waals surface area (Å²) in [4.78, 5) is 21.7. The van der Waals surface area contributed by atoms with Crippen molar-refractivity contribution in [1.82, 2.24) is 0 Å². The predicted octanol–water partition coefficient (Wildman–Crippen LogP) is 1.96. The number of hydrogen-bond acceptors (Lipinski definition) is 4. The number of carbonyl (C=O) groups is 2. The van der Waals surface area contributed by atoms with E-state index in [4.69, 9.17) is 9.47 Å². The number of ether oxygens (including phenoxy) is 2. The topological polar surface area (TPSA) is 52.6 Å². The van der Waals surface area contributed by atoms with Gasteiger partial charge in [0.2, 0.25) is 0 Å². The van der Waals surface area contributed by atoms with E-state index in [1.807, 2.05) is 0 Å². The third kappa shape index (κ3) is 3.22. The minimum absolute atomic E-state index is 0.0604. The molecule has 2 aliphatic rings. The SMILES string of the molecule is O=C1CCC(CCCCC2CCC(=O)O2)O1. The quantitative estimate of drug-likeness (QED) is 0.531. The molecule has 4 heteroatoms. The number of esters is 2. The van der Waals surface area contributed by atoms with Crippen LogP contribution in [0.15, 0.2) is 0 Å². The Bertz CT molecular complexity index is 246. The Morgan fingerprint density at radius 2 is 1.31 bits per heavy atom. The molecule has 2 heterocycles. The van der Waals surface area contributed by atoms with E-state index in [-0.39, 0.29) is 24.1 Å². The van der Waals surface area contributed by atoms with Crippen LogP contribution in [0.2, 0.25) is 0 Å². The van der Waals surface area contributed by atoms with Gasteiger partial charge in [0.25, 0.3) is 0 Å². The van der Waals surface area contributed by atoms with E-state index >= 15 is 0 Å². The maximum Gasteiger partial charge on any atom is 0.306 e. The van der Waals surface area contributed by atoms with Gasteiger partial charge in [0.1, 0.15) is 12.2 Å². The van der Waals surface area contributed by atoms with Crippen molar-refractivity contribution in [3.8, 4) is 0 Å². The standard InChI is InChI=1S/C12H18O4/c13-11-7-5-9(15-11)3-1-2-4-10-6-8-12(14)16-10/h9-10H,1-8H2. The molecule has 0 spiro atoms. The number of hydrogen-bond donors (Lipinski definition) is 0. The first-order valence-electron chi connectivity index (χ1n) is 6.13. The Labute approximate surface area is 95.3 Å². The van der Waals surface area contributed by atoms with Crippen LogP contribution >= 0.6 is 0 Å². The highest BCUT2D eigenvalue weighted by Crippen LogP contribution is 2.22. The number of unbranched alkanes of at least 4 members (excludes halogenated alkanes) is 1. The third-order valence-corrected chi connectivity index (χ3v) is 3.24. The van der Waals surface area contributed by atoms with Gasteiger partial charge in [0, 0.05) is 12.8 Å². The number of carbonyl (C=O) groups excluding carboxylic acids is 2. The average Bonchev–Trinajstić information content (AvgIpc) is 2.83. The van der Waals surface area contributed by atoms with E-state index in [1.165, 1.54) is 0 Å². The molecular formula is C12H18O4. The lowest BCUT2D eigenvalue weighted by Gasteiger charge is -2.10. The van der Waals surface area contributed by atoms with Gasteiger partial charge < -0.3 is 9.47 Å². The first-order valence-corrected chi connectivity index (χ1v) is 6.13. The molecule has 0 aromatic heterocycles. The van der Waals surface area contributed by atoms with Gasteiger partial charge in [-0.3, -0.25) is 9.59 Å². The third-order valence-electron chi connectivity index (χ3n) is 3.24. The molecular weight excluding hydrogens is 208 g/mol. The van der Waals surface area contributed by atoms with Crippen molar-refractivity contribution in [3.05, 3.63) is 0 Å². The molecule has 2 rings (SSSR count). The van der Waals surface area contributed by atoms with Crippen molar-refractivity contribution in [2.75, 3.05) is 0 Å². The van der Waals surface area contributed by atoms with E-state index in [0.29, 0.717) is 12.8 Å². The van der Waals surface area contributed by atoms with Crippen LogP contribution in [0.4, 0.5) is 0 Å². The Hall–Kier alpha value is -1.06. The molecule has 0 bridgehead atoms. The second kappa shape index (κ2) is 5.32. The number of cyclic esters (lactones) is 2. The maximum atomic E-state index is 10.9. The summed E-state index contributed by atoms with van der Waals surface area (Å²) in [5.41, 5.74) is 0. The van der Waals surface area contributed by atoms with Crippen molar-refractivity contribution < 1.29 is 19.1 Å². The molecule has 2 saturated heterocycles. The molecule has 0 radical (unpaired) electrons. The Balaban J connectivity index is 1.52. The van der Waals surface area contributed by atoms with Crippen LogP contribution in [0.25, 0.3) is 0 Å². The summed E-state index contributed by atoms with van der Waals surface area (Å²) >= 11 is 0. The Morgan fingerprint density at radius 1 is 0.875 bits per heavy atom. The molecule has 16 heavy (non-hydrogen) atoms. The van der Waals surface area contributed by atoms with Crippen LogP contribution in [0.5, 0.6) is 0 Å². The molecule has 4 nitrogen and oxygen atoms in total. The fraction of sp³-hybridized carbons (Fsp3) is 0.833. The van der Waals surface area contributed by atoms with Gasteiger partial charge in [-0.25, -0.2) is 0 Å². The van der Waals surface area contributed by atoms with E-state index in [0.717, 1.165) is 38.5 Å².